The summed E-state index contributed by atoms with van der Waals surface area (Å²) in [6, 6.07) is 4.87. The van der Waals surface area contributed by atoms with Crippen molar-refractivity contribution in [3.8, 4) is 5.82 Å². The van der Waals surface area contributed by atoms with Gasteiger partial charge < -0.3 is 15.2 Å². The third kappa shape index (κ3) is 3.25. The summed E-state index contributed by atoms with van der Waals surface area (Å²) >= 11 is 6.01. The number of anilines is 2. The van der Waals surface area contributed by atoms with Crippen molar-refractivity contribution < 1.29 is 8.91 Å². The molecule has 29 heavy (non-hydrogen) atoms. The Morgan fingerprint density at radius 1 is 1.24 bits per heavy atom. The minimum Gasteiger partial charge on any atom is -0.355 e. The molecule has 0 atom stereocenters. The smallest absolute Gasteiger partial charge is 0.267 e. The molecule has 0 aliphatic heterocycles. The highest BCUT2D eigenvalue weighted by Gasteiger charge is 2.17. The number of nitrogens with one attached hydrogen (secondary N) is 2. The van der Waals surface area contributed by atoms with Gasteiger partial charge in [0.1, 0.15) is 5.15 Å². The quantitative estimate of drug-likeness (QED) is 0.499. The van der Waals surface area contributed by atoms with Gasteiger partial charge in [-0.25, -0.2) is 4.98 Å². The van der Waals surface area contributed by atoms with Gasteiger partial charge in [-0.05, 0) is 12.1 Å². The Morgan fingerprint density at radius 2 is 2.07 bits per heavy atom. The lowest BCUT2D eigenvalue weighted by Crippen LogP contribution is -2.20. The van der Waals surface area contributed by atoms with Crippen LogP contribution in [0.3, 0.4) is 0 Å². The topological polar surface area (TPSA) is 98.8 Å². The standard InChI is InChI=1S/C19H18ClN7O2/c1-21-18(28)11-9-22-15(20)8-12(11)23-13-10-25(2)14-4-7-27(19(29)17(13)14)16-5-6-26(3)24-16/h4-10H,1-3H3,(H,21,28)(H,22,23)/i1D3. The van der Waals surface area contributed by atoms with Crippen molar-refractivity contribution in [1.82, 2.24) is 29.2 Å². The SMILES string of the molecule is [2H]C([2H])([2H])NC(=O)c1cnc(Cl)cc1Nc1cn(C)c2ccn(-c3ccn(C)n3)c(=O)c12. The Hall–Kier alpha value is -3.59. The first-order valence-corrected chi connectivity index (χ1v) is 8.87. The number of hydrogen-bond acceptors (Lipinski definition) is 5. The Labute approximate surface area is 174 Å². The molecule has 0 saturated heterocycles. The lowest BCUT2D eigenvalue weighted by molar-refractivity contribution is 0.0963. The van der Waals surface area contributed by atoms with Gasteiger partial charge in [0.05, 0.1) is 27.8 Å². The maximum atomic E-state index is 13.3. The van der Waals surface area contributed by atoms with E-state index in [-0.39, 0.29) is 22.0 Å². The molecule has 0 aliphatic rings. The van der Waals surface area contributed by atoms with Crippen molar-refractivity contribution >= 4 is 39.8 Å². The molecule has 0 radical (unpaired) electrons. The van der Waals surface area contributed by atoms with Gasteiger partial charge in [-0.2, -0.15) is 5.10 Å². The number of hydrogen-bond donors (Lipinski definition) is 2. The molecule has 2 N–H and O–H groups in total. The maximum absolute atomic E-state index is 13.3. The summed E-state index contributed by atoms with van der Waals surface area (Å²) in [4.78, 5) is 29.7. The van der Waals surface area contributed by atoms with Gasteiger partial charge >= 0.3 is 0 Å². The van der Waals surface area contributed by atoms with Gasteiger partial charge in [0.15, 0.2) is 5.82 Å². The number of carbonyl (C=O) groups is 1. The lowest BCUT2D eigenvalue weighted by Gasteiger charge is -2.11. The van der Waals surface area contributed by atoms with Crippen LogP contribution < -0.4 is 16.2 Å². The molecule has 0 fully saturated rings. The van der Waals surface area contributed by atoms with Crippen LogP contribution in [0.25, 0.3) is 16.7 Å². The minimum absolute atomic E-state index is 0.0384. The fraction of sp³-hybridized carbons (Fsp3) is 0.158. The van der Waals surface area contributed by atoms with Crippen LogP contribution in [-0.4, -0.2) is 36.8 Å². The second-order valence-corrected chi connectivity index (χ2v) is 6.77. The van der Waals surface area contributed by atoms with E-state index in [2.05, 4.69) is 15.4 Å². The summed E-state index contributed by atoms with van der Waals surface area (Å²) < 4.78 is 26.6. The Kier molecular flexibility index (Phi) is 3.76. The highest BCUT2D eigenvalue weighted by Crippen LogP contribution is 2.28. The second-order valence-electron chi connectivity index (χ2n) is 6.38. The molecule has 9 nitrogen and oxygen atoms in total. The van der Waals surface area contributed by atoms with Crippen molar-refractivity contribution in [2.75, 3.05) is 12.3 Å². The molecule has 0 unspecified atom stereocenters. The zero-order chi connectivity index (χ0) is 23.2. The Balaban J connectivity index is 1.83. The van der Waals surface area contributed by atoms with E-state index in [4.69, 9.17) is 15.7 Å². The molecular weight excluding hydrogens is 394 g/mol. The van der Waals surface area contributed by atoms with E-state index in [1.165, 1.54) is 16.8 Å². The highest BCUT2D eigenvalue weighted by atomic mass is 35.5. The fourth-order valence-electron chi connectivity index (χ4n) is 3.13. The number of fused-ring (bicyclic) bond motifs is 1. The monoisotopic (exact) mass is 414 g/mol. The molecule has 0 saturated carbocycles. The largest absolute Gasteiger partial charge is 0.355 e. The van der Waals surface area contributed by atoms with E-state index >= 15 is 0 Å². The Morgan fingerprint density at radius 3 is 2.79 bits per heavy atom. The molecule has 4 aromatic rings. The van der Waals surface area contributed by atoms with E-state index in [9.17, 15) is 9.59 Å². The van der Waals surface area contributed by atoms with Gasteiger partial charge in [0, 0.05) is 56.0 Å². The van der Waals surface area contributed by atoms with Crippen molar-refractivity contribution in [3.05, 3.63) is 64.1 Å². The molecule has 4 heterocycles. The van der Waals surface area contributed by atoms with Crippen LogP contribution >= 0.6 is 11.6 Å². The fourth-order valence-corrected chi connectivity index (χ4v) is 3.29. The van der Waals surface area contributed by atoms with Crippen molar-refractivity contribution in [1.29, 1.82) is 0 Å². The number of carbonyl (C=O) groups excluding carboxylic acids is 1. The van der Waals surface area contributed by atoms with Gasteiger partial charge in [-0.3, -0.25) is 18.8 Å². The van der Waals surface area contributed by atoms with E-state index in [1.54, 1.807) is 54.1 Å². The first-order valence-electron chi connectivity index (χ1n) is 9.99. The first-order chi connectivity index (χ1) is 15.0. The maximum Gasteiger partial charge on any atom is 0.267 e. The summed E-state index contributed by atoms with van der Waals surface area (Å²) in [6.45, 7) is -2.68. The lowest BCUT2D eigenvalue weighted by atomic mass is 10.2. The minimum atomic E-state index is -2.68. The zero-order valence-electron chi connectivity index (χ0n) is 18.5. The van der Waals surface area contributed by atoms with E-state index in [1.807, 2.05) is 5.32 Å². The van der Waals surface area contributed by atoms with Crippen LogP contribution in [0, 0.1) is 0 Å². The molecule has 0 bridgehead atoms. The summed E-state index contributed by atoms with van der Waals surface area (Å²) in [6.07, 6.45) is 6.22. The average molecular weight is 415 g/mol. The molecule has 0 spiro atoms. The third-order valence-corrected chi connectivity index (χ3v) is 4.69. The van der Waals surface area contributed by atoms with Crippen molar-refractivity contribution in [3.63, 3.8) is 0 Å². The average Bonchev–Trinajstić information content (AvgIpc) is 3.24. The van der Waals surface area contributed by atoms with Crippen LogP contribution in [0.1, 0.15) is 14.5 Å². The Bertz CT molecular complexity index is 1400. The molecule has 0 aromatic carbocycles. The number of amides is 1. The summed E-state index contributed by atoms with van der Waals surface area (Å²) in [5.41, 5.74) is 0.898. The van der Waals surface area contributed by atoms with E-state index < -0.39 is 12.9 Å². The predicted molar refractivity (Wildman–Crippen MR) is 111 cm³/mol. The number of nitrogens with zero attached hydrogens (tertiary/aromatic N) is 5. The number of halogens is 1. The van der Waals surface area contributed by atoms with E-state index in [0.29, 0.717) is 22.4 Å². The van der Waals surface area contributed by atoms with Gasteiger partial charge in [0.2, 0.25) is 0 Å². The molecule has 148 valence electrons. The number of aryl methyl sites for hydroxylation is 2. The van der Waals surface area contributed by atoms with Crippen LogP contribution in [0.4, 0.5) is 11.4 Å². The van der Waals surface area contributed by atoms with Crippen molar-refractivity contribution in [2.24, 2.45) is 14.1 Å². The van der Waals surface area contributed by atoms with Gasteiger partial charge in [0.25, 0.3) is 11.5 Å². The van der Waals surface area contributed by atoms with Crippen LogP contribution in [0.15, 0.2) is 47.8 Å². The predicted octanol–water partition coefficient (Wildman–Crippen LogP) is 2.21. The van der Waals surface area contributed by atoms with Crippen LogP contribution in [0.2, 0.25) is 5.15 Å². The molecule has 4 aromatic heterocycles. The highest BCUT2D eigenvalue weighted by molar-refractivity contribution is 6.29. The van der Waals surface area contributed by atoms with Crippen molar-refractivity contribution in [2.45, 2.75) is 0 Å². The van der Waals surface area contributed by atoms with Crippen LogP contribution in [0.5, 0.6) is 0 Å². The molecular formula is C19H18ClN7O2. The number of aromatic nitrogens is 5. The van der Waals surface area contributed by atoms with Crippen LogP contribution in [-0.2, 0) is 14.1 Å². The van der Waals surface area contributed by atoms with Gasteiger partial charge in [-0.15, -0.1) is 0 Å². The summed E-state index contributed by atoms with van der Waals surface area (Å²) in [5.74, 6) is -0.401. The summed E-state index contributed by atoms with van der Waals surface area (Å²) in [7, 11) is 3.53. The summed E-state index contributed by atoms with van der Waals surface area (Å²) in [5, 5.41) is 9.68. The molecule has 1 amide bonds. The molecule has 4 rings (SSSR count). The second kappa shape index (κ2) is 7.10. The molecule has 10 heteroatoms. The van der Waals surface area contributed by atoms with Gasteiger partial charge in [-0.1, -0.05) is 11.6 Å². The third-order valence-electron chi connectivity index (χ3n) is 4.49. The van der Waals surface area contributed by atoms with E-state index in [0.717, 1.165) is 0 Å². The normalized spacial score (nSPS) is 13.0. The zero-order valence-corrected chi connectivity index (χ0v) is 16.2. The molecule has 0 aliphatic carbocycles. The number of pyridine rings is 2. The number of rotatable bonds is 4. The first kappa shape index (κ1) is 15.3.